The highest BCUT2D eigenvalue weighted by Crippen LogP contribution is 2.44. The fourth-order valence-electron chi connectivity index (χ4n) is 3.84. The number of carbonyl (C=O) groups excluding carboxylic acids is 1. The standard InChI is InChI=1S/C25H23NO5/c1-2-30-17-13-11-16(12-14-17)20(15-23(27)28)26-25(29)24-18-7-3-5-9-21(18)31-22-10-6-4-8-19(22)24/h3-14,20,24H,2,15H2,1H3,(H,26,29)(H,27,28)/t20-/m1/s1. The SMILES string of the molecule is CCOc1ccc([C@@H](CC(=O)O)NC(=O)C2c3ccccc3Oc3ccccc32)cc1. The molecule has 6 nitrogen and oxygen atoms in total. The van der Waals surface area contributed by atoms with Crippen LogP contribution in [0.1, 0.15) is 42.0 Å². The van der Waals surface area contributed by atoms with E-state index in [1.807, 2.05) is 55.5 Å². The molecule has 0 saturated heterocycles. The minimum atomic E-state index is -0.994. The summed E-state index contributed by atoms with van der Waals surface area (Å²) in [6.45, 7) is 2.43. The van der Waals surface area contributed by atoms with Gasteiger partial charge in [0, 0.05) is 11.1 Å². The Labute approximate surface area is 180 Å². The van der Waals surface area contributed by atoms with Crippen LogP contribution in [0.25, 0.3) is 0 Å². The van der Waals surface area contributed by atoms with Crippen LogP contribution in [0.4, 0.5) is 0 Å². The first-order valence-electron chi connectivity index (χ1n) is 10.2. The van der Waals surface area contributed by atoms with Gasteiger partial charge in [-0.3, -0.25) is 9.59 Å². The average molecular weight is 417 g/mol. The summed E-state index contributed by atoms with van der Waals surface area (Å²) in [6, 6.07) is 21.2. The number of hydrogen-bond donors (Lipinski definition) is 2. The maximum absolute atomic E-state index is 13.5. The van der Waals surface area contributed by atoms with Crippen LogP contribution < -0.4 is 14.8 Å². The molecule has 3 aromatic carbocycles. The predicted molar refractivity (Wildman–Crippen MR) is 116 cm³/mol. The van der Waals surface area contributed by atoms with Gasteiger partial charge in [-0.25, -0.2) is 0 Å². The molecule has 1 amide bonds. The molecule has 31 heavy (non-hydrogen) atoms. The summed E-state index contributed by atoms with van der Waals surface area (Å²) in [6.07, 6.45) is -0.230. The number of benzene rings is 3. The number of ether oxygens (including phenoxy) is 2. The molecule has 0 spiro atoms. The van der Waals surface area contributed by atoms with Gasteiger partial charge in [-0.1, -0.05) is 48.5 Å². The molecule has 1 heterocycles. The van der Waals surface area contributed by atoms with E-state index in [1.54, 1.807) is 24.3 Å². The van der Waals surface area contributed by atoms with Crippen molar-refractivity contribution in [2.24, 2.45) is 0 Å². The van der Waals surface area contributed by atoms with Gasteiger partial charge < -0.3 is 19.9 Å². The van der Waals surface area contributed by atoms with Crippen LogP contribution in [0, 0.1) is 0 Å². The van der Waals surface area contributed by atoms with Crippen molar-refractivity contribution in [3.8, 4) is 17.2 Å². The van der Waals surface area contributed by atoms with Crippen molar-refractivity contribution >= 4 is 11.9 Å². The number of carbonyl (C=O) groups is 2. The maximum atomic E-state index is 13.5. The Kier molecular flexibility index (Phi) is 5.89. The predicted octanol–water partition coefficient (Wildman–Crippen LogP) is 4.66. The smallest absolute Gasteiger partial charge is 0.305 e. The number of hydrogen-bond acceptors (Lipinski definition) is 4. The van der Waals surface area contributed by atoms with E-state index in [2.05, 4.69) is 5.32 Å². The van der Waals surface area contributed by atoms with Gasteiger partial charge in [0.2, 0.25) is 5.91 Å². The first-order valence-corrected chi connectivity index (χ1v) is 10.2. The van der Waals surface area contributed by atoms with Crippen molar-refractivity contribution in [3.05, 3.63) is 89.5 Å². The highest BCUT2D eigenvalue weighted by molar-refractivity contribution is 5.90. The summed E-state index contributed by atoms with van der Waals surface area (Å²) in [5.74, 6) is 0.0729. The molecule has 0 aliphatic carbocycles. The van der Waals surface area contributed by atoms with Crippen molar-refractivity contribution in [1.82, 2.24) is 5.32 Å². The lowest BCUT2D eigenvalue weighted by Gasteiger charge is -2.29. The van der Waals surface area contributed by atoms with Crippen LogP contribution in [0.3, 0.4) is 0 Å². The van der Waals surface area contributed by atoms with Gasteiger partial charge in [0.1, 0.15) is 17.2 Å². The zero-order chi connectivity index (χ0) is 21.8. The lowest BCUT2D eigenvalue weighted by molar-refractivity contribution is -0.137. The summed E-state index contributed by atoms with van der Waals surface area (Å²) in [4.78, 5) is 25.0. The Hall–Kier alpha value is -3.80. The third kappa shape index (κ3) is 4.38. The van der Waals surface area contributed by atoms with Crippen molar-refractivity contribution < 1.29 is 24.2 Å². The molecule has 0 bridgehead atoms. The van der Waals surface area contributed by atoms with Crippen LogP contribution >= 0.6 is 0 Å². The van der Waals surface area contributed by atoms with Gasteiger partial charge in [-0.2, -0.15) is 0 Å². The summed E-state index contributed by atoms with van der Waals surface area (Å²) in [5.41, 5.74) is 2.20. The molecular formula is C25H23NO5. The normalized spacial score (nSPS) is 13.3. The number of nitrogens with one attached hydrogen (secondary N) is 1. The van der Waals surface area contributed by atoms with Crippen molar-refractivity contribution in [1.29, 1.82) is 0 Å². The number of carboxylic acid groups (broad SMARTS) is 1. The quantitative estimate of drug-likeness (QED) is 0.584. The molecule has 4 rings (SSSR count). The molecule has 2 N–H and O–H groups in total. The van der Waals surface area contributed by atoms with Gasteiger partial charge in [0.05, 0.1) is 25.0 Å². The van der Waals surface area contributed by atoms with Crippen LogP contribution in [0.15, 0.2) is 72.8 Å². The molecule has 3 aromatic rings. The lowest BCUT2D eigenvalue weighted by Crippen LogP contribution is -2.35. The molecular weight excluding hydrogens is 394 g/mol. The first kappa shape index (κ1) is 20.5. The highest BCUT2D eigenvalue weighted by Gasteiger charge is 2.33. The second-order valence-electron chi connectivity index (χ2n) is 7.27. The number of para-hydroxylation sites is 2. The number of aliphatic carboxylic acids is 1. The number of amides is 1. The van der Waals surface area contributed by atoms with Gasteiger partial charge in [0.15, 0.2) is 0 Å². The van der Waals surface area contributed by atoms with Crippen LogP contribution in [0.5, 0.6) is 17.2 Å². The van der Waals surface area contributed by atoms with Crippen LogP contribution in [-0.2, 0) is 9.59 Å². The molecule has 1 aliphatic heterocycles. The minimum Gasteiger partial charge on any atom is -0.494 e. The van der Waals surface area contributed by atoms with E-state index in [1.165, 1.54) is 0 Å². The molecule has 1 aliphatic rings. The van der Waals surface area contributed by atoms with E-state index in [4.69, 9.17) is 9.47 Å². The lowest BCUT2D eigenvalue weighted by atomic mass is 9.86. The van der Waals surface area contributed by atoms with Crippen molar-refractivity contribution in [2.45, 2.75) is 25.3 Å². The molecule has 1 atom stereocenters. The molecule has 6 heteroatoms. The van der Waals surface area contributed by atoms with Crippen LogP contribution in [-0.4, -0.2) is 23.6 Å². The topological polar surface area (TPSA) is 84.9 Å². The highest BCUT2D eigenvalue weighted by atomic mass is 16.5. The van der Waals surface area contributed by atoms with Gasteiger partial charge >= 0.3 is 5.97 Å². The van der Waals surface area contributed by atoms with E-state index in [9.17, 15) is 14.7 Å². The van der Waals surface area contributed by atoms with E-state index in [0.717, 1.165) is 11.1 Å². The third-order valence-electron chi connectivity index (χ3n) is 5.23. The van der Waals surface area contributed by atoms with Crippen LogP contribution in [0.2, 0.25) is 0 Å². The van der Waals surface area contributed by atoms with Gasteiger partial charge in [-0.05, 0) is 36.8 Å². The largest absolute Gasteiger partial charge is 0.494 e. The molecule has 0 radical (unpaired) electrons. The second-order valence-corrected chi connectivity index (χ2v) is 7.27. The maximum Gasteiger partial charge on any atom is 0.305 e. The fourth-order valence-corrected chi connectivity index (χ4v) is 3.84. The third-order valence-corrected chi connectivity index (χ3v) is 5.23. The summed E-state index contributed by atoms with van der Waals surface area (Å²) in [7, 11) is 0. The summed E-state index contributed by atoms with van der Waals surface area (Å²) >= 11 is 0. The van der Waals surface area contributed by atoms with E-state index in [0.29, 0.717) is 29.4 Å². The zero-order valence-electron chi connectivity index (χ0n) is 17.1. The Balaban J connectivity index is 1.65. The summed E-state index contributed by atoms with van der Waals surface area (Å²) < 4.78 is 11.4. The van der Waals surface area contributed by atoms with E-state index in [-0.39, 0.29) is 12.3 Å². The second kappa shape index (κ2) is 8.92. The molecule has 0 saturated carbocycles. The van der Waals surface area contributed by atoms with Gasteiger partial charge in [0.25, 0.3) is 0 Å². The fraction of sp³-hybridized carbons (Fsp3) is 0.200. The number of carboxylic acids is 1. The minimum absolute atomic E-state index is 0.230. The number of fused-ring (bicyclic) bond motifs is 2. The monoisotopic (exact) mass is 417 g/mol. The van der Waals surface area contributed by atoms with E-state index >= 15 is 0 Å². The number of rotatable bonds is 7. The zero-order valence-corrected chi connectivity index (χ0v) is 17.1. The first-order chi connectivity index (χ1) is 15.1. The molecule has 0 aromatic heterocycles. The molecule has 0 unspecified atom stereocenters. The van der Waals surface area contributed by atoms with E-state index < -0.39 is 17.9 Å². The molecule has 0 fully saturated rings. The summed E-state index contributed by atoms with van der Waals surface area (Å²) in [5, 5.41) is 12.4. The molecule has 158 valence electrons. The Morgan fingerprint density at radius 2 is 1.55 bits per heavy atom. The Morgan fingerprint density at radius 3 is 2.10 bits per heavy atom. The Bertz CT molecular complexity index is 1050. The van der Waals surface area contributed by atoms with Crippen molar-refractivity contribution in [2.75, 3.05) is 6.61 Å². The average Bonchev–Trinajstić information content (AvgIpc) is 2.77. The van der Waals surface area contributed by atoms with Crippen molar-refractivity contribution in [3.63, 3.8) is 0 Å². The van der Waals surface area contributed by atoms with Gasteiger partial charge in [-0.15, -0.1) is 0 Å². The Morgan fingerprint density at radius 1 is 0.968 bits per heavy atom.